The van der Waals surface area contributed by atoms with Crippen molar-refractivity contribution in [3.05, 3.63) is 53.6 Å². The second kappa shape index (κ2) is 5.28. The van der Waals surface area contributed by atoms with Crippen LogP contribution in [0.4, 0.5) is 5.69 Å². The molecule has 1 aliphatic rings. The maximum Gasteiger partial charge on any atom is 0.270 e. The first-order valence-corrected chi connectivity index (χ1v) is 7.01. The van der Waals surface area contributed by atoms with E-state index in [4.69, 9.17) is 12.6 Å². The third-order valence-electron chi connectivity index (χ3n) is 3.65. The minimum absolute atomic E-state index is 0.176. The Balaban J connectivity index is 1.89. The molecular weight excluding hydrogens is 261 g/mol. The summed E-state index contributed by atoms with van der Waals surface area (Å²) in [5.74, 6) is 0.927. The highest BCUT2D eigenvalue weighted by molar-refractivity contribution is 6.32. The molecule has 104 valence electrons. The van der Waals surface area contributed by atoms with E-state index in [0.29, 0.717) is 22.8 Å². The number of hydrogen-bond donors (Lipinski definition) is 1. The van der Waals surface area contributed by atoms with E-state index in [-0.39, 0.29) is 5.91 Å². The van der Waals surface area contributed by atoms with Crippen LogP contribution in [0.25, 0.3) is 0 Å². The van der Waals surface area contributed by atoms with Crippen LogP contribution in [0.5, 0.6) is 5.75 Å². The molecule has 1 atom stereocenters. The molecular formula is C17H16BNO2. The molecule has 3 nitrogen and oxygen atoms in total. The fraction of sp³-hybridized carbons (Fsp3) is 0.235. The van der Waals surface area contributed by atoms with Gasteiger partial charge in [0.2, 0.25) is 6.10 Å². The summed E-state index contributed by atoms with van der Waals surface area (Å²) >= 11 is 0. The van der Waals surface area contributed by atoms with Gasteiger partial charge in [-0.2, -0.15) is 0 Å². The van der Waals surface area contributed by atoms with E-state index in [1.807, 2.05) is 24.3 Å². The van der Waals surface area contributed by atoms with Crippen LogP contribution in [0.15, 0.2) is 42.5 Å². The summed E-state index contributed by atoms with van der Waals surface area (Å²) in [5, 5.41) is 2.84. The Labute approximate surface area is 125 Å². The Morgan fingerprint density at radius 3 is 2.52 bits per heavy atom. The van der Waals surface area contributed by atoms with Crippen molar-refractivity contribution in [2.75, 3.05) is 5.32 Å². The van der Waals surface area contributed by atoms with Crippen LogP contribution in [-0.2, 0) is 4.79 Å². The van der Waals surface area contributed by atoms with E-state index < -0.39 is 6.10 Å². The van der Waals surface area contributed by atoms with Crippen LogP contribution in [-0.4, -0.2) is 13.8 Å². The average Bonchev–Trinajstić information content (AvgIpc) is 2.46. The molecule has 0 saturated carbocycles. The predicted molar refractivity (Wildman–Crippen MR) is 84.4 cm³/mol. The molecule has 0 aromatic heterocycles. The Hall–Kier alpha value is -2.23. The van der Waals surface area contributed by atoms with E-state index in [0.717, 1.165) is 5.56 Å². The lowest BCUT2D eigenvalue weighted by atomic mass is 9.95. The SMILES string of the molecule is [B]c1ccc2c(c1)NC(=O)C(c1ccc(C(C)C)cc1)O2. The average molecular weight is 277 g/mol. The molecule has 2 aromatic rings. The summed E-state index contributed by atoms with van der Waals surface area (Å²) in [7, 11) is 5.71. The Kier molecular flexibility index (Phi) is 3.46. The first kappa shape index (κ1) is 13.7. The van der Waals surface area contributed by atoms with Crippen molar-refractivity contribution < 1.29 is 9.53 Å². The van der Waals surface area contributed by atoms with Crippen LogP contribution in [0.3, 0.4) is 0 Å². The van der Waals surface area contributed by atoms with Crippen molar-refractivity contribution in [1.29, 1.82) is 0 Å². The number of ether oxygens (including phenoxy) is 1. The summed E-state index contributed by atoms with van der Waals surface area (Å²) in [6.45, 7) is 4.28. The molecule has 4 heteroatoms. The molecule has 1 amide bonds. The molecule has 21 heavy (non-hydrogen) atoms. The van der Waals surface area contributed by atoms with E-state index in [1.54, 1.807) is 18.2 Å². The van der Waals surface area contributed by atoms with E-state index >= 15 is 0 Å². The number of nitrogens with one attached hydrogen (secondary N) is 1. The van der Waals surface area contributed by atoms with Gasteiger partial charge >= 0.3 is 0 Å². The summed E-state index contributed by atoms with van der Waals surface area (Å²) in [4.78, 5) is 12.2. The highest BCUT2D eigenvalue weighted by Gasteiger charge is 2.29. The smallest absolute Gasteiger partial charge is 0.270 e. The number of anilines is 1. The maximum atomic E-state index is 12.2. The monoisotopic (exact) mass is 277 g/mol. The third-order valence-corrected chi connectivity index (χ3v) is 3.65. The summed E-state index contributed by atoms with van der Waals surface area (Å²) in [5.41, 5.74) is 3.30. The first-order chi connectivity index (χ1) is 10.0. The number of amides is 1. The van der Waals surface area contributed by atoms with Crippen LogP contribution in [0.2, 0.25) is 0 Å². The van der Waals surface area contributed by atoms with Crippen molar-refractivity contribution in [2.24, 2.45) is 0 Å². The topological polar surface area (TPSA) is 38.3 Å². The van der Waals surface area contributed by atoms with Gasteiger partial charge in [0.15, 0.2) is 0 Å². The lowest BCUT2D eigenvalue weighted by molar-refractivity contribution is -0.123. The van der Waals surface area contributed by atoms with E-state index in [2.05, 4.69) is 19.2 Å². The van der Waals surface area contributed by atoms with Crippen molar-refractivity contribution in [1.82, 2.24) is 0 Å². The van der Waals surface area contributed by atoms with Gasteiger partial charge in [0.05, 0.1) is 5.69 Å². The summed E-state index contributed by atoms with van der Waals surface area (Å²) in [6, 6.07) is 13.2. The quantitative estimate of drug-likeness (QED) is 0.857. The van der Waals surface area contributed by atoms with Crippen molar-refractivity contribution in [3.63, 3.8) is 0 Å². The molecule has 0 fully saturated rings. The number of hydrogen-bond acceptors (Lipinski definition) is 2. The molecule has 0 bridgehead atoms. The van der Waals surface area contributed by atoms with Gasteiger partial charge in [-0.05, 0) is 23.6 Å². The van der Waals surface area contributed by atoms with Gasteiger partial charge in [0.1, 0.15) is 13.6 Å². The fourth-order valence-corrected chi connectivity index (χ4v) is 2.40. The number of carbonyl (C=O) groups excluding carboxylic acids is 1. The second-order valence-corrected chi connectivity index (χ2v) is 5.56. The van der Waals surface area contributed by atoms with Crippen LogP contribution >= 0.6 is 0 Å². The molecule has 1 aliphatic heterocycles. The number of carbonyl (C=O) groups is 1. The molecule has 0 spiro atoms. The molecule has 2 aromatic carbocycles. The number of fused-ring (bicyclic) bond motifs is 1. The van der Waals surface area contributed by atoms with Gasteiger partial charge in [-0.3, -0.25) is 4.79 Å². The van der Waals surface area contributed by atoms with Crippen molar-refractivity contribution >= 4 is 24.9 Å². The maximum absolute atomic E-state index is 12.2. The highest BCUT2D eigenvalue weighted by Crippen LogP contribution is 2.34. The van der Waals surface area contributed by atoms with Crippen LogP contribution in [0, 0.1) is 0 Å². The Morgan fingerprint density at radius 1 is 1.14 bits per heavy atom. The van der Waals surface area contributed by atoms with Crippen molar-refractivity contribution in [2.45, 2.75) is 25.9 Å². The molecule has 1 heterocycles. The molecule has 1 unspecified atom stereocenters. The minimum atomic E-state index is -0.623. The Morgan fingerprint density at radius 2 is 1.86 bits per heavy atom. The van der Waals surface area contributed by atoms with Gasteiger partial charge in [0.25, 0.3) is 5.91 Å². The van der Waals surface area contributed by atoms with Crippen molar-refractivity contribution in [3.8, 4) is 5.75 Å². The van der Waals surface area contributed by atoms with Gasteiger partial charge in [-0.25, -0.2) is 0 Å². The second-order valence-electron chi connectivity index (χ2n) is 5.56. The number of benzene rings is 2. The van der Waals surface area contributed by atoms with Gasteiger partial charge in [-0.1, -0.05) is 49.6 Å². The molecule has 1 N–H and O–H groups in total. The lowest BCUT2D eigenvalue weighted by Gasteiger charge is -2.26. The molecule has 3 rings (SSSR count). The van der Waals surface area contributed by atoms with Crippen LogP contribution in [0.1, 0.15) is 37.0 Å². The fourth-order valence-electron chi connectivity index (χ4n) is 2.40. The molecule has 0 aliphatic carbocycles. The van der Waals surface area contributed by atoms with Crippen LogP contribution < -0.4 is 15.5 Å². The van der Waals surface area contributed by atoms with Gasteiger partial charge in [-0.15, -0.1) is 0 Å². The highest BCUT2D eigenvalue weighted by atomic mass is 16.5. The minimum Gasteiger partial charge on any atom is -0.474 e. The summed E-state index contributed by atoms with van der Waals surface area (Å²) < 4.78 is 5.82. The zero-order valence-electron chi connectivity index (χ0n) is 12.1. The number of rotatable bonds is 2. The van der Waals surface area contributed by atoms with E-state index in [1.165, 1.54) is 5.56 Å². The van der Waals surface area contributed by atoms with E-state index in [9.17, 15) is 4.79 Å². The first-order valence-electron chi connectivity index (χ1n) is 7.01. The zero-order valence-corrected chi connectivity index (χ0v) is 12.1. The standard InChI is InChI=1S/C17H16BNO2/c1-10(2)11-3-5-12(6-4-11)16-17(20)19-14-9-13(18)7-8-15(14)21-16/h3-10,16H,1-2H3,(H,19,20). The largest absolute Gasteiger partial charge is 0.474 e. The summed E-state index contributed by atoms with van der Waals surface area (Å²) in [6.07, 6.45) is -0.623. The molecule has 2 radical (unpaired) electrons. The third kappa shape index (κ3) is 2.66. The predicted octanol–water partition coefficient (Wildman–Crippen LogP) is 2.68. The normalized spacial score (nSPS) is 17.1. The molecule has 0 saturated heterocycles. The zero-order chi connectivity index (χ0) is 15.0. The Bertz CT molecular complexity index is 680. The van der Waals surface area contributed by atoms with Gasteiger partial charge < -0.3 is 10.1 Å². The van der Waals surface area contributed by atoms with Gasteiger partial charge in [0, 0.05) is 5.56 Å². The lowest BCUT2D eigenvalue weighted by Crippen LogP contribution is -2.30.